The average molecular weight is 469 g/mol. The van der Waals surface area contributed by atoms with Crippen LogP contribution in [0.4, 0.5) is 0 Å². The van der Waals surface area contributed by atoms with E-state index in [1.165, 1.54) is 5.56 Å². The van der Waals surface area contributed by atoms with Gasteiger partial charge in [-0.05, 0) is 74.4 Å². The van der Waals surface area contributed by atoms with Gasteiger partial charge in [0.1, 0.15) is 5.75 Å². The molecule has 0 aliphatic carbocycles. The molecule has 1 aromatic carbocycles. The van der Waals surface area contributed by atoms with Crippen molar-refractivity contribution >= 4 is 28.9 Å². The number of aromatic nitrogens is 2. The number of hydrogen-bond acceptors (Lipinski definition) is 3. The number of benzene rings is 1. The Kier molecular flexibility index (Phi) is 6.72. The molecule has 4 rings (SSSR count). The van der Waals surface area contributed by atoms with E-state index >= 15 is 0 Å². The summed E-state index contributed by atoms with van der Waals surface area (Å²) in [5, 5.41) is 5.00. The molecule has 1 saturated heterocycles. The highest BCUT2D eigenvalue weighted by atomic mass is 35.5. The molecule has 2 atom stereocenters. The van der Waals surface area contributed by atoms with Crippen molar-refractivity contribution in [3.05, 3.63) is 76.3 Å². The van der Waals surface area contributed by atoms with Gasteiger partial charge in [0.05, 0.1) is 30.6 Å². The molecule has 2 aromatic heterocycles. The smallest absolute Gasteiger partial charge is 0.170 e. The van der Waals surface area contributed by atoms with Crippen molar-refractivity contribution in [1.82, 2.24) is 19.8 Å². The molecule has 3 aromatic rings. The summed E-state index contributed by atoms with van der Waals surface area (Å²) in [5.74, 6) is 0.784. The number of nitrogens with zero attached hydrogens (tertiary/aromatic N) is 3. The quantitative estimate of drug-likeness (QED) is 0.435. The molecule has 0 spiro atoms. The predicted molar refractivity (Wildman–Crippen MR) is 134 cm³/mol. The van der Waals surface area contributed by atoms with E-state index in [1.807, 2.05) is 36.5 Å². The fourth-order valence-electron chi connectivity index (χ4n) is 4.61. The van der Waals surface area contributed by atoms with Gasteiger partial charge in [0, 0.05) is 29.2 Å². The Morgan fingerprint density at radius 2 is 2.00 bits per heavy atom. The van der Waals surface area contributed by atoms with Crippen LogP contribution in [-0.4, -0.2) is 33.2 Å². The van der Waals surface area contributed by atoms with Gasteiger partial charge in [0.2, 0.25) is 0 Å². The van der Waals surface area contributed by atoms with Crippen LogP contribution >= 0.6 is 23.8 Å². The largest absolute Gasteiger partial charge is 0.495 e. The third-order valence-corrected chi connectivity index (χ3v) is 6.71. The highest BCUT2D eigenvalue weighted by molar-refractivity contribution is 7.80. The van der Waals surface area contributed by atoms with Crippen molar-refractivity contribution in [2.75, 3.05) is 13.7 Å². The minimum atomic E-state index is -0.0178. The lowest BCUT2D eigenvalue weighted by atomic mass is 9.96. The van der Waals surface area contributed by atoms with E-state index in [4.69, 9.17) is 28.6 Å². The first-order valence-electron chi connectivity index (χ1n) is 11.0. The maximum Gasteiger partial charge on any atom is 0.170 e. The number of aryl methyl sites for hydroxylation is 1. The fourth-order valence-corrected chi connectivity index (χ4v) is 5.11. The molecule has 1 N–H and O–H groups in total. The van der Waals surface area contributed by atoms with Gasteiger partial charge in [0.15, 0.2) is 5.11 Å². The molecular weight excluding hydrogens is 440 g/mol. The highest BCUT2D eigenvalue weighted by Crippen LogP contribution is 2.42. The molecule has 32 heavy (non-hydrogen) atoms. The lowest BCUT2D eigenvalue weighted by Gasteiger charge is -2.28. The Bertz CT molecular complexity index is 1110. The van der Waals surface area contributed by atoms with Gasteiger partial charge >= 0.3 is 0 Å². The van der Waals surface area contributed by atoms with Crippen molar-refractivity contribution in [3.63, 3.8) is 0 Å². The molecule has 0 amide bonds. The predicted octanol–water partition coefficient (Wildman–Crippen LogP) is 5.92. The molecule has 1 aliphatic rings. The van der Waals surface area contributed by atoms with E-state index in [2.05, 4.69) is 52.7 Å². The van der Waals surface area contributed by atoms with E-state index < -0.39 is 0 Å². The molecule has 0 unspecified atom stereocenters. The normalized spacial score (nSPS) is 18.2. The van der Waals surface area contributed by atoms with E-state index in [-0.39, 0.29) is 12.1 Å². The van der Waals surface area contributed by atoms with Crippen LogP contribution in [0.25, 0.3) is 5.69 Å². The maximum atomic E-state index is 6.35. The number of thiocarbonyl (C=S) groups is 1. The molecule has 1 fully saturated rings. The third kappa shape index (κ3) is 4.09. The molecule has 5 nitrogen and oxygen atoms in total. The van der Waals surface area contributed by atoms with Crippen molar-refractivity contribution in [2.45, 2.75) is 45.7 Å². The minimum Gasteiger partial charge on any atom is -0.495 e. The van der Waals surface area contributed by atoms with E-state index in [0.29, 0.717) is 5.02 Å². The van der Waals surface area contributed by atoms with Crippen molar-refractivity contribution in [2.24, 2.45) is 0 Å². The molecule has 0 saturated carbocycles. The second-order valence-corrected chi connectivity index (χ2v) is 8.97. The average Bonchev–Trinajstić information content (AvgIpc) is 3.27. The number of nitrogens with one attached hydrogen (secondary N) is 1. The Balaban J connectivity index is 1.85. The highest BCUT2D eigenvalue weighted by Gasteiger charge is 2.41. The molecule has 0 radical (unpaired) electrons. The van der Waals surface area contributed by atoms with Gasteiger partial charge in [0.25, 0.3) is 0 Å². The van der Waals surface area contributed by atoms with Crippen LogP contribution in [0.5, 0.6) is 5.75 Å². The number of unbranched alkanes of at least 4 members (excludes halogenated alkanes) is 1. The second kappa shape index (κ2) is 9.51. The SMILES string of the molecule is CCCCN1C(=S)N[C@@H](c2ccccn2)[C@@H]1c1cc(C)n(-c2cc(Cl)ccc2OC)c1C. The van der Waals surface area contributed by atoms with Crippen LogP contribution in [0.2, 0.25) is 5.02 Å². The van der Waals surface area contributed by atoms with Gasteiger partial charge in [-0.2, -0.15) is 0 Å². The summed E-state index contributed by atoms with van der Waals surface area (Å²) in [5.41, 5.74) is 5.41. The summed E-state index contributed by atoms with van der Waals surface area (Å²) in [4.78, 5) is 6.97. The van der Waals surface area contributed by atoms with Gasteiger partial charge in [-0.1, -0.05) is 31.0 Å². The van der Waals surface area contributed by atoms with Crippen molar-refractivity contribution < 1.29 is 4.74 Å². The zero-order valence-electron chi connectivity index (χ0n) is 18.9. The summed E-state index contributed by atoms with van der Waals surface area (Å²) in [6, 6.07) is 14.0. The van der Waals surface area contributed by atoms with Crippen LogP contribution in [-0.2, 0) is 0 Å². The molecule has 7 heteroatoms. The first kappa shape index (κ1) is 22.6. The Hall–Kier alpha value is -2.57. The van der Waals surface area contributed by atoms with Crippen LogP contribution in [0.15, 0.2) is 48.7 Å². The van der Waals surface area contributed by atoms with Crippen molar-refractivity contribution in [3.8, 4) is 11.4 Å². The number of pyridine rings is 1. The molecule has 3 heterocycles. The molecule has 0 bridgehead atoms. The van der Waals surface area contributed by atoms with Gasteiger partial charge in [-0.15, -0.1) is 0 Å². The minimum absolute atomic E-state index is 0.0178. The third-order valence-electron chi connectivity index (χ3n) is 6.12. The topological polar surface area (TPSA) is 42.3 Å². The number of methoxy groups -OCH3 is 1. The first-order chi connectivity index (χ1) is 15.5. The van der Waals surface area contributed by atoms with Crippen LogP contribution in [0, 0.1) is 13.8 Å². The van der Waals surface area contributed by atoms with E-state index in [0.717, 1.165) is 53.0 Å². The Labute approximate surface area is 200 Å². The molecule has 1 aliphatic heterocycles. The van der Waals surface area contributed by atoms with Crippen molar-refractivity contribution in [1.29, 1.82) is 0 Å². The maximum absolute atomic E-state index is 6.35. The van der Waals surface area contributed by atoms with E-state index in [9.17, 15) is 0 Å². The first-order valence-corrected chi connectivity index (χ1v) is 11.8. The summed E-state index contributed by atoms with van der Waals surface area (Å²) in [6.45, 7) is 7.37. The summed E-state index contributed by atoms with van der Waals surface area (Å²) >= 11 is 12.1. The number of halogens is 1. The molecule has 168 valence electrons. The number of hydrogen-bond donors (Lipinski definition) is 1. The number of rotatable bonds is 7. The summed E-state index contributed by atoms with van der Waals surface area (Å²) in [7, 11) is 1.69. The standard InChI is InChI=1S/C25H29ClN4OS/c1-5-6-13-29-24(23(28-25(29)32)20-9-7-8-12-27-20)19-14-16(2)30(17(19)3)21-15-18(26)10-11-22(21)31-4/h7-12,14-15,23-24H,5-6,13H2,1-4H3,(H,28,32)/t23-,24-/m0/s1. The van der Waals surface area contributed by atoms with Crippen LogP contribution < -0.4 is 10.1 Å². The second-order valence-electron chi connectivity index (χ2n) is 8.15. The van der Waals surface area contributed by atoms with Crippen LogP contribution in [0.1, 0.15) is 54.5 Å². The zero-order chi connectivity index (χ0) is 22.8. The fraction of sp³-hybridized carbons (Fsp3) is 0.360. The van der Waals surface area contributed by atoms with E-state index in [1.54, 1.807) is 7.11 Å². The monoisotopic (exact) mass is 468 g/mol. The van der Waals surface area contributed by atoms with Gasteiger partial charge < -0.3 is 19.5 Å². The summed E-state index contributed by atoms with van der Waals surface area (Å²) in [6.07, 6.45) is 4.03. The van der Waals surface area contributed by atoms with Gasteiger partial charge in [-0.25, -0.2) is 0 Å². The Morgan fingerprint density at radius 3 is 2.69 bits per heavy atom. The Morgan fingerprint density at radius 1 is 1.19 bits per heavy atom. The lowest BCUT2D eigenvalue weighted by molar-refractivity contribution is 0.312. The number of ether oxygens (including phenoxy) is 1. The van der Waals surface area contributed by atoms with Crippen LogP contribution in [0.3, 0.4) is 0 Å². The summed E-state index contributed by atoms with van der Waals surface area (Å²) < 4.78 is 7.87. The molecular formula is C25H29ClN4OS. The van der Waals surface area contributed by atoms with Gasteiger partial charge in [-0.3, -0.25) is 4.98 Å². The zero-order valence-corrected chi connectivity index (χ0v) is 20.5. The lowest BCUT2D eigenvalue weighted by Crippen LogP contribution is -2.30.